The van der Waals surface area contributed by atoms with Crippen molar-refractivity contribution in [3.8, 4) is 5.75 Å². The standard InChI is InChI=1S/C30H38N2O4S/c1-22-17-23(2)30(24(3)18-22)37(35,36)32(20-26-7-4-10-29(34)19-26)27-13-11-25(12-14-27)8-5-15-31-16-6-9-28(31)21-33/h4,7,10-14,17-19,28,33-34H,5-6,8-9,15-16,20-21H2,1-3H3. The highest BCUT2D eigenvalue weighted by Gasteiger charge is 2.29. The number of phenols is 1. The number of hydrogen-bond donors (Lipinski definition) is 2. The van der Waals surface area contributed by atoms with Crippen molar-refractivity contribution < 1.29 is 18.6 Å². The van der Waals surface area contributed by atoms with Crippen molar-refractivity contribution in [2.24, 2.45) is 0 Å². The number of hydrogen-bond acceptors (Lipinski definition) is 5. The Morgan fingerprint density at radius 2 is 1.68 bits per heavy atom. The number of phenolic OH excluding ortho intramolecular Hbond substituents is 1. The highest BCUT2D eigenvalue weighted by Crippen LogP contribution is 2.31. The molecule has 1 heterocycles. The molecule has 1 aliphatic rings. The first-order valence-corrected chi connectivity index (χ1v) is 14.5. The fourth-order valence-corrected chi connectivity index (χ4v) is 7.40. The zero-order valence-electron chi connectivity index (χ0n) is 22.0. The predicted molar refractivity (Wildman–Crippen MR) is 149 cm³/mol. The molecule has 3 aromatic carbocycles. The van der Waals surface area contributed by atoms with Crippen LogP contribution in [-0.2, 0) is 23.0 Å². The predicted octanol–water partition coefficient (Wildman–Crippen LogP) is 5.10. The van der Waals surface area contributed by atoms with Crippen LogP contribution in [0.15, 0.2) is 65.6 Å². The van der Waals surface area contributed by atoms with Crippen LogP contribution in [0, 0.1) is 20.8 Å². The lowest BCUT2D eigenvalue weighted by atomic mass is 10.1. The van der Waals surface area contributed by atoms with Crippen LogP contribution < -0.4 is 4.31 Å². The molecule has 6 nitrogen and oxygen atoms in total. The van der Waals surface area contributed by atoms with Crippen LogP contribution in [-0.4, -0.2) is 49.3 Å². The van der Waals surface area contributed by atoms with Gasteiger partial charge in [-0.15, -0.1) is 0 Å². The molecule has 0 radical (unpaired) electrons. The lowest BCUT2D eigenvalue weighted by Crippen LogP contribution is -2.33. The van der Waals surface area contributed by atoms with Crippen molar-refractivity contribution in [1.29, 1.82) is 0 Å². The molecule has 4 rings (SSSR count). The first-order chi connectivity index (χ1) is 17.7. The highest BCUT2D eigenvalue weighted by molar-refractivity contribution is 7.92. The van der Waals surface area contributed by atoms with Gasteiger partial charge in [-0.05, 0) is 106 Å². The van der Waals surface area contributed by atoms with Crippen LogP contribution in [0.4, 0.5) is 5.69 Å². The summed E-state index contributed by atoms with van der Waals surface area (Å²) in [6.07, 6.45) is 4.09. The number of aromatic hydroxyl groups is 1. The Morgan fingerprint density at radius 1 is 0.973 bits per heavy atom. The summed E-state index contributed by atoms with van der Waals surface area (Å²) >= 11 is 0. The summed E-state index contributed by atoms with van der Waals surface area (Å²) in [7, 11) is -3.87. The Bertz CT molecular complexity index is 1300. The SMILES string of the molecule is Cc1cc(C)c(S(=O)(=O)N(Cc2cccc(O)c2)c2ccc(CCCN3CCCC3CO)cc2)c(C)c1. The summed E-state index contributed by atoms with van der Waals surface area (Å²) < 4.78 is 29.6. The maximum Gasteiger partial charge on any atom is 0.265 e. The summed E-state index contributed by atoms with van der Waals surface area (Å²) in [4.78, 5) is 2.69. The lowest BCUT2D eigenvalue weighted by Gasteiger charge is -2.27. The lowest BCUT2D eigenvalue weighted by molar-refractivity contribution is 0.158. The van der Waals surface area contributed by atoms with Crippen molar-refractivity contribution >= 4 is 15.7 Å². The van der Waals surface area contributed by atoms with Crippen LogP contribution in [0.25, 0.3) is 0 Å². The van der Waals surface area contributed by atoms with Gasteiger partial charge in [0.2, 0.25) is 0 Å². The molecular weight excluding hydrogens is 484 g/mol. The van der Waals surface area contributed by atoms with Gasteiger partial charge in [0.15, 0.2) is 0 Å². The molecule has 37 heavy (non-hydrogen) atoms. The molecule has 1 aliphatic heterocycles. The van der Waals surface area contributed by atoms with Crippen LogP contribution in [0.2, 0.25) is 0 Å². The molecule has 0 spiro atoms. The van der Waals surface area contributed by atoms with Gasteiger partial charge in [-0.3, -0.25) is 9.21 Å². The molecular formula is C30H38N2O4S. The average molecular weight is 523 g/mol. The minimum absolute atomic E-state index is 0.106. The molecule has 7 heteroatoms. The van der Waals surface area contributed by atoms with Gasteiger partial charge in [-0.1, -0.05) is 42.0 Å². The third-order valence-corrected chi connectivity index (χ3v) is 9.31. The molecule has 1 saturated heterocycles. The topological polar surface area (TPSA) is 81.1 Å². The number of rotatable bonds is 10. The number of nitrogens with zero attached hydrogens (tertiary/aromatic N) is 2. The summed E-state index contributed by atoms with van der Waals surface area (Å²) in [5.41, 5.74) is 4.92. The fraction of sp³-hybridized carbons (Fsp3) is 0.400. The van der Waals surface area contributed by atoms with Crippen LogP contribution in [0.5, 0.6) is 5.75 Å². The zero-order chi connectivity index (χ0) is 26.6. The molecule has 0 aliphatic carbocycles. The second kappa shape index (κ2) is 11.7. The third kappa shape index (κ3) is 6.35. The molecule has 3 aromatic rings. The Kier molecular flexibility index (Phi) is 8.57. The van der Waals surface area contributed by atoms with Gasteiger partial charge in [-0.25, -0.2) is 8.42 Å². The van der Waals surface area contributed by atoms with Crippen LogP contribution >= 0.6 is 0 Å². The van der Waals surface area contributed by atoms with E-state index in [1.54, 1.807) is 18.2 Å². The summed E-state index contributed by atoms with van der Waals surface area (Å²) in [6.45, 7) is 7.97. The van der Waals surface area contributed by atoms with E-state index < -0.39 is 10.0 Å². The van der Waals surface area contributed by atoms with Gasteiger partial charge in [0.05, 0.1) is 23.7 Å². The minimum atomic E-state index is -3.87. The Balaban J connectivity index is 1.59. The van der Waals surface area contributed by atoms with Crippen molar-refractivity contribution in [3.05, 3.63) is 88.5 Å². The number of aryl methyl sites for hydroxylation is 4. The first-order valence-electron chi connectivity index (χ1n) is 13.0. The molecule has 2 N–H and O–H groups in total. The van der Waals surface area contributed by atoms with E-state index in [4.69, 9.17) is 0 Å². The number of anilines is 1. The largest absolute Gasteiger partial charge is 0.508 e. The van der Waals surface area contributed by atoms with E-state index in [0.29, 0.717) is 16.1 Å². The smallest absolute Gasteiger partial charge is 0.265 e. The van der Waals surface area contributed by atoms with E-state index in [-0.39, 0.29) is 24.9 Å². The average Bonchev–Trinajstić information content (AvgIpc) is 3.30. The van der Waals surface area contributed by atoms with Gasteiger partial charge in [0, 0.05) is 6.04 Å². The number of benzene rings is 3. The van der Waals surface area contributed by atoms with Crippen LogP contribution in [0.1, 0.15) is 47.1 Å². The Labute approximate surface area is 221 Å². The molecule has 0 bridgehead atoms. The van der Waals surface area contributed by atoms with E-state index in [1.807, 2.05) is 63.2 Å². The quantitative estimate of drug-likeness (QED) is 0.387. The van der Waals surface area contributed by atoms with Gasteiger partial charge >= 0.3 is 0 Å². The second-order valence-electron chi connectivity index (χ2n) is 10.2. The number of sulfonamides is 1. The summed E-state index contributed by atoms with van der Waals surface area (Å²) in [6, 6.07) is 18.6. The molecule has 198 valence electrons. The molecule has 1 unspecified atom stereocenters. The van der Waals surface area contributed by atoms with E-state index >= 15 is 0 Å². The zero-order valence-corrected chi connectivity index (χ0v) is 22.8. The van der Waals surface area contributed by atoms with Gasteiger partial charge in [-0.2, -0.15) is 0 Å². The molecule has 1 atom stereocenters. The fourth-order valence-electron chi connectivity index (χ4n) is 5.53. The van der Waals surface area contributed by atoms with Gasteiger partial charge < -0.3 is 10.2 Å². The van der Waals surface area contributed by atoms with Crippen molar-refractivity contribution in [1.82, 2.24) is 4.90 Å². The molecule has 1 fully saturated rings. The maximum absolute atomic E-state index is 14.1. The monoisotopic (exact) mass is 522 g/mol. The maximum atomic E-state index is 14.1. The number of aliphatic hydroxyl groups excluding tert-OH is 1. The van der Waals surface area contributed by atoms with Gasteiger partial charge in [0.25, 0.3) is 10.0 Å². The Morgan fingerprint density at radius 3 is 2.32 bits per heavy atom. The van der Waals surface area contributed by atoms with Crippen molar-refractivity contribution in [3.63, 3.8) is 0 Å². The van der Waals surface area contributed by atoms with E-state index in [2.05, 4.69) is 4.90 Å². The molecule has 0 amide bonds. The molecule has 0 aromatic heterocycles. The van der Waals surface area contributed by atoms with E-state index in [9.17, 15) is 18.6 Å². The van der Waals surface area contributed by atoms with Crippen molar-refractivity contribution in [2.45, 2.75) is 63.9 Å². The van der Waals surface area contributed by atoms with Gasteiger partial charge in [0.1, 0.15) is 5.75 Å². The second-order valence-corrected chi connectivity index (χ2v) is 12.0. The van der Waals surface area contributed by atoms with E-state index in [1.165, 1.54) is 4.31 Å². The number of aliphatic hydroxyl groups is 1. The summed E-state index contributed by atoms with van der Waals surface area (Å²) in [5, 5.41) is 19.5. The van der Waals surface area contributed by atoms with Crippen molar-refractivity contribution in [2.75, 3.05) is 24.0 Å². The normalized spacial score (nSPS) is 16.3. The Hall–Kier alpha value is -2.87. The number of likely N-dealkylation sites (tertiary alicyclic amines) is 1. The van der Waals surface area contributed by atoms with E-state index in [0.717, 1.165) is 61.0 Å². The van der Waals surface area contributed by atoms with Crippen LogP contribution in [0.3, 0.4) is 0 Å². The highest BCUT2D eigenvalue weighted by atomic mass is 32.2. The summed E-state index contributed by atoms with van der Waals surface area (Å²) in [5.74, 6) is 0.106. The third-order valence-electron chi connectivity index (χ3n) is 7.23. The molecule has 0 saturated carbocycles. The first kappa shape index (κ1) is 27.2. The minimum Gasteiger partial charge on any atom is -0.508 e.